The lowest BCUT2D eigenvalue weighted by Gasteiger charge is -2.29. The largest absolute Gasteiger partial charge is 0.497 e. The van der Waals surface area contributed by atoms with E-state index in [-0.39, 0.29) is 23.7 Å². The number of thiophene rings is 1. The summed E-state index contributed by atoms with van der Waals surface area (Å²) in [7, 11) is 1.65. The van der Waals surface area contributed by atoms with Crippen molar-refractivity contribution in [3.8, 4) is 5.75 Å². The molecular formula is C30H35FN4O3S. The fraction of sp³-hybridized carbons (Fsp3) is 0.400. The van der Waals surface area contributed by atoms with Crippen LogP contribution in [0.5, 0.6) is 5.75 Å². The molecule has 0 bridgehead atoms. The molecule has 0 aliphatic carbocycles. The van der Waals surface area contributed by atoms with Gasteiger partial charge in [0.05, 0.1) is 12.0 Å². The number of nitrogens with one attached hydrogen (secondary N) is 1. The molecule has 2 aliphatic rings. The molecule has 39 heavy (non-hydrogen) atoms. The van der Waals surface area contributed by atoms with E-state index in [0.29, 0.717) is 44.0 Å². The number of carbonyl (C=O) groups is 2. The Bertz CT molecular complexity index is 1250. The Kier molecular flexibility index (Phi) is 8.91. The minimum Gasteiger partial charge on any atom is -0.497 e. The Morgan fingerprint density at radius 1 is 1.05 bits per heavy atom. The molecule has 2 amide bonds. The minimum absolute atomic E-state index is 0.0224. The normalized spacial score (nSPS) is 19.8. The van der Waals surface area contributed by atoms with Crippen LogP contribution in [0.4, 0.5) is 4.39 Å². The topological polar surface area (TPSA) is 65.1 Å². The first-order valence-corrected chi connectivity index (χ1v) is 14.3. The Labute approximate surface area is 233 Å². The summed E-state index contributed by atoms with van der Waals surface area (Å²) in [6.45, 7) is 4.60. The van der Waals surface area contributed by atoms with Crippen molar-refractivity contribution >= 4 is 23.2 Å². The average molecular weight is 551 g/mol. The van der Waals surface area contributed by atoms with Crippen LogP contribution >= 0.6 is 11.3 Å². The first-order chi connectivity index (χ1) is 19.0. The van der Waals surface area contributed by atoms with Crippen LogP contribution in [0.2, 0.25) is 0 Å². The number of halogens is 1. The summed E-state index contributed by atoms with van der Waals surface area (Å²) < 4.78 is 19.1. The fourth-order valence-corrected chi connectivity index (χ4v) is 6.18. The van der Waals surface area contributed by atoms with Gasteiger partial charge in [0.1, 0.15) is 17.6 Å². The zero-order valence-corrected chi connectivity index (χ0v) is 23.0. The van der Waals surface area contributed by atoms with Gasteiger partial charge in [0.15, 0.2) is 0 Å². The first kappa shape index (κ1) is 27.3. The van der Waals surface area contributed by atoms with Gasteiger partial charge in [-0.15, -0.1) is 11.3 Å². The Balaban J connectivity index is 1.44. The van der Waals surface area contributed by atoms with E-state index in [0.717, 1.165) is 36.4 Å². The molecule has 0 spiro atoms. The SMILES string of the molecule is COc1cccc(CN(Cc2ccc(F)cc2)C2CC(C(=O)N3CCCNCC3)N(C(=O)c3cccs3)C2)c1. The summed E-state index contributed by atoms with van der Waals surface area (Å²) in [5.41, 5.74) is 2.05. The third-order valence-corrected chi connectivity index (χ3v) is 8.40. The number of amides is 2. The number of likely N-dealkylation sites (tertiary alicyclic amines) is 1. The number of rotatable bonds is 8. The maximum atomic E-state index is 13.9. The third-order valence-electron chi connectivity index (χ3n) is 7.54. The molecule has 7 nitrogen and oxygen atoms in total. The summed E-state index contributed by atoms with van der Waals surface area (Å²) in [5, 5.41) is 5.25. The van der Waals surface area contributed by atoms with Crippen molar-refractivity contribution < 1.29 is 18.7 Å². The zero-order valence-electron chi connectivity index (χ0n) is 22.2. The predicted molar refractivity (Wildman–Crippen MR) is 150 cm³/mol. The highest BCUT2D eigenvalue weighted by atomic mass is 32.1. The van der Waals surface area contributed by atoms with Gasteiger partial charge in [-0.05, 0) is 66.2 Å². The van der Waals surface area contributed by atoms with E-state index in [9.17, 15) is 14.0 Å². The number of methoxy groups -OCH3 is 1. The van der Waals surface area contributed by atoms with E-state index < -0.39 is 6.04 Å². The van der Waals surface area contributed by atoms with Crippen LogP contribution in [0.15, 0.2) is 66.0 Å². The number of hydrogen-bond donors (Lipinski definition) is 1. The Hall–Kier alpha value is -3.27. The number of nitrogens with zero attached hydrogens (tertiary/aromatic N) is 3. The Morgan fingerprint density at radius 3 is 2.64 bits per heavy atom. The minimum atomic E-state index is -0.524. The molecule has 5 rings (SSSR count). The van der Waals surface area contributed by atoms with Gasteiger partial charge in [-0.3, -0.25) is 14.5 Å². The monoisotopic (exact) mass is 550 g/mol. The zero-order chi connectivity index (χ0) is 27.2. The standard InChI is InChI=1S/C30H35FN4O3S/c1-38-26-6-2-5-23(17-26)20-34(19-22-8-10-24(31)11-9-22)25-18-27(29(36)33-14-4-12-32-13-15-33)35(21-25)30(37)28-7-3-16-39-28/h2-3,5-11,16-17,25,27,32H,4,12-15,18-21H2,1H3. The molecular weight excluding hydrogens is 515 g/mol. The summed E-state index contributed by atoms with van der Waals surface area (Å²) in [6.07, 6.45) is 1.44. The van der Waals surface area contributed by atoms with E-state index in [4.69, 9.17) is 4.74 Å². The highest BCUT2D eigenvalue weighted by molar-refractivity contribution is 7.12. The molecule has 3 aromatic rings. The molecule has 2 saturated heterocycles. The fourth-order valence-electron chi connectivity index (χ4n) is 5.50. The van der Waals surface area contributed by atoms with E-state index in [2.05, 4.69) is 16.3 Å². The summed E-state index contributed by atoms with van der Waals surface area (Å²) in [4.78, 5) is 34.2. The quantitative estimate of drug-likeness (QED) is 0.459. The van der Waals surface area contributed by atoms with E-state index in [1.807, 2.05) is 40.6 Å². The maximum Gasteiger partial charge on any atom is 0.264 e. The van der Waals surface area contributed by atoms with E-state index in [1.54, 1.807) is 24.1 Å². The van der Waals surface area contributed by atoms with Gasteiger partial charge < -0.3 is 19.9 Å². The van der Waals surface area contributed by atoms with Crippen LogP contribution in [0, 0.1) is 5.82 Å². The van der Waals surface area contributed by atoms with E-state index in [1.165, 1.54) is 23.5 Å². The smallest absolute Gasteiger partial charge is 0.264 e. The van der Waals surface area contributed by atoms with Crippen LogP contribution in [0.25, 0.3) is 0 Å². The molecule has 2 atom stereocenters. The number of hydrogen-bond acceptors (Lipinski definition) is 6. The van der Waals surface area contributed by atoms with Crippen molar-refractivity contribution in [2.45, 2.75) is 38.0 Å². The van der Waals surface area contributed by atoms with Crippen LogP contribution < -0.4 is 10.1 Å². The second-order valence-electron chi connectivity index (χ2n) is 10.2. The molecule has 3 heterocycles. The molecule has 0 radical (unpaired) electrons. The van der Waals surface area contributed by atoms with Crippen molar-refractivity contribution in [1.82, 2.24) is 20.0 Å². The molecule has 0 saturated carbocycles. The van der Waals surface area contributed by atoms with Crippen LogP contribution in [-0.4, -0.2) is 78.4 Å². The molecule has 2 fully saturated rings. The van der Waals surface area contributed by atoms with E-state index >= 15 is 0 Å². The number of ether oxygens (including phenoxy) is 1. The summed E-state index contributed by atoms with van der Waals surface area (Å²) >= 11 is 1.40. The van der Waals surface area contributed by atoms with Gasteiger partial charge in [-0.1, -0.05) is 30.3 Å². The lowest BCUT2D eigenvalue weighted by molar-refractivity contribution is -0.135. The van der Waals surface area contributed by atoms with Gasteiger partial charge in [0.2, 0.25) is 5.91 Å². The van der Waals surface area contributed by atoms with Gasteiger partial charge in [0.25, 0.3) is 5.91 Å². The van der Waals surface area contributed by atoms with Crippen molar-refractivity contribution in [1.29, 1.82) is 0 Å². The molecule has 2 unspecified atom stereocenters. The van der Waals surface area contributed by atoms with Crippen LogP contribution in [-0.2, 0) is 17.9 Å². The lowest BCUT2D eigenvalue weighted by atomic mass is 10.1. The van der Waals surface area contributed by atoms with Crippen LogP contribution in [0.1, 0.15) is 33.6 Å². The van der Waals surface area contributed by atoms with Crippen LogP contribution in [0.3, 0.4) is 0 Å². The van der Waals surface area contributed by atoms with Crippen molar-refractivity contribution in [3.05, 3.63) is 87.9 Å². The molecule has 1 aromatic heterocycles. The first-order valence-electron chi connectivity index (χ1n) is 13.5. The van der Waals surface area contributed by atoms with Gasteiger partial charge >= 0.3 is 0 Å². The van der Waals surface area contributed by atoms with Crippen molar-refractivity contribution in [2.75, 3.05) is 39.8 Å². The number of benzene rings is 2. The lowest BCUT2D eigenvalue weighted by Crippen LogP contribution is -2.48. The van der Waals surface area contributed by atoms with Gasteiger partial charge in [0, 0.05) is 45.3 Å². The van der Waals surface area contributed by atoms with Gasteiger partial charge in [-0.25, -0.2) is 4.39 Å². The average Bonchev–Trinajstić information content (AvgIpc) is 3.58. The molecule has 206 valence electrons. The second-order valence-corrected chi connectivity index (χ2v) is 11.1. The van der Waals surface area contributed by atoms with Crippen molar-refractivity contribution in [3.63, 3.8) is 0 Å². The molecule has 2 aliphatic heterocycles. The maximum absolute atomic E-state index is 13.9. The van der Waals surface area contributed by atoms with Gasteiger partial charge in [-0.2, -0.15) is 0 Å². The molecule has 1 N–H and O–H groups in total. The molecule has 9 heteroatoms. The Morgan fingerprint density at radius 2 is 1.87 bits per heavy atom. The third kappa shape index (κ3) is 6.66. The highest BCUT2D eigenvalue weighted by Gasteiger charge is 2.43. The van der Waals surface area contributed by atoms with Crippen molar-refractivity contribution in [2.24, 2.45) is 0 Å². The molecule has 2 aromatic carbocycles. The second kappa shape index (κ2) is 12.7. The predicted octanol–water partition coefficient (Wildman–Crippen LogP) is 4.00. The summed E-state index contributed by atoms with van der Waals surface area (Å²) in [6, 6.07) is 17.6. The number of carbonyl (C=O) groups excluding carboxylic acids is 2. The summed E-state index contributed by atoms with van der Waals surface area (Å²) in [5.74, 6) is 0.429. The highest BCUT2D eigenvalue weighted by Crippen LogP contribution is 2.30.